The van der Waals surface area contributed by atoms with E-state index >= 15 is 0 Å². The van der Waals surface area contributed by atoms with Crippen LogP contribution in [-0.2, 0) is 5.41 Å². The molecule has 2 aromatic heterocycles. The molecule has 0 spiro atoms. The molecule has 3 rings (SSSR count). The van der Waals surface area contributed by atoms with Gasteiger partial charge >= 0.3 is 0 Å². The number of ether oxygens (including phenoxy) is 1. The van der Waals surface area contributed by atoms with Crippen molar-refractivity contribution in [2.75, 3.05) is 14.2 Å². The predicted octanol–water partition coefficient (Wildman–Crippen LogP) is 5.25. The molecule has 0 unspecified atom stereocenters. The fourth-order valence-corrected chi connectivity index (χ4v) is 3.14. The quantitative estimate of drug-likeness (QED) is 0.634. The van der Waals surface area contributed by atoms with E-state index in [1.807, 2.05) is 31.5 Å². The highest BCUT2D eigenvalue weighted by Gasteiger charge is 2.19. The lowest BCUT2D eigenvalue weighted by Crippen LogP contribution is -2.20. The van der Waals surface area contributed by atoms with E-state index in [9.17, 15) is 13.6 Å². The van der Waals surface area contributed by atoms with Crippen molar-refractivity contribution < 1.29 is 18.3 Å². The summed E-state index contributed by atoms with van der Waals surface area (Å²) in [6.45, 7) is 9.31. The Morgan fingerprint density at radius 2 is 1.87 bits per heavy atom. The number of fused-ring (bicyclic) bond motifs is 1. The second kappa shape index (κ2) is 9.24. The molecule has 0 atom stereocenters. The van der Waals surface area contributed by atoms with Crippen molar-refractivity contribution in [2.24, 2.45) is 0 Å². The number of nitrogens with zero attached hydrogens (tertiary/aromatic N) is 2. The van der Waals surface area contributed by atoms with E-state index in [1.54, 1.807) is 14.2 Å². The Kier molecular flexibility index (Phi) is 7.18. The molecule has 2 heterocycles. The highest BCUT2D eigenvalue weighted by Crippen LogP contribution is 2.32. The molecule has 0 aliphatic heterocycles. The van der Waals surface area contributed by atoms with Crippen LogP contribution in [0.5, 0.6) is 5.75 Å². The number of hydrogen-bond donors (Lipinski definition) is 1. The first-order valence-corrected chi connectivity index (χ1v) is 9.66. The molecule has 162 valence electrons. The van der Waals surface area contributed by atoms with Crippen molar-refractivity contribution in [2.45, 2.75) is 46.5 Å². The number of aryl methyl sites for hydroxylation is 1. The second-order valence-corrected chi connectivity index (χ2v) is 8.01. The molecular weight excluding hydrogens is 388 g/mol. The fraction of sp³-hybridized carbons (Fsp3) is 0.391. The van der Waals surface area contributed by atoms with Gasteiger partial charge in [0.25, 0.3) is 5.91 Å². The van der Waals surface area contributed by atoms with Crippen molar-refractivity contribution in [3.8, 4) is 17.0 Å². The molecule has 7 heteroatoms. The van der Waals surface area contributed by atoms with Crippen LogP contribution in [0.25, 0.3) is 16.9 Å². The van der Waals surface area contributed by atoms with Crippen LogP contribution in [0.2, 0.25) is 0 Å². The Morgan fingerprint density at radius 1 is 1.23 bits per heavy atom. The molecule has 0 aliphatic rings. The molecule has 0 aliphatic carbocycles. The summed E-state index contributed by atoms with van der Waals surface area (Å²) in [5.74, 6) is 0.402. The SMILES string of the molecule is CC(F)F.CNC(=O)c1c(C)cc(-c2cnc3cc(C(C)(C)C)ccn23)cc1OC. The average molecular weight is 418 g/mol. The Bertz CT molecular complexity index is 1030. The molecule has 1 aromatic carbocycles. The van der Waals surface area contributed by atoms with E-state index < -0.39 is 6.43 Å². The van der Waals surface area contributed by atoms with Gasteiger partial charge < -0.3 is 10.1 Å². The van der Waals surface area contributed by atoms with Crippen LogP contribution >= 0.6 is 0 Å². The zero-order chi connectivity index (χ0) is 22.6. The average Bonchev–Trinajstić information content (AvgIpc) is 3.08. The summed E-state index contributed by atoms with van der Waals surface area (Å²) in [5.41, 5.74) is 5.56. The highest BCUT2D eigenvalue weighted by atomic mass is 19.3. The molecule has 0 saturated heterocycles. The summed E-state index contributed by atoms with van der Waals surface area (Å²) in [6, 6.07) is 8.13. The molecule has 30 heavy (non-hydrogen) atoms. The van der Waals surface area contributed by atoms with Crippen molar-refractivity contribution in [1.29, 1.82) is 0 Å². The Morgan fingerprint density at radius 3 is 2.40 bits per heavy atom. The van der Waals surface area contributed by atoms with Gasteiger partial charge in [0.1, 0.15) is 11.4 Å². The number of pyridine rings is 1. The zero-order valence-electron chi connectivity index (χ0n) is 18.5. The third-order valence-corrected chi connectivity index (χ3v) is 4.65. The molecule has 1 amide bonds. The van der Waals surface area contributed by atoms with Crippen molar-refractivity contribution >= 4 is 11.6 Å². The first kappa shape index (κ1) is 23.3. The van der Waals surface area contributed by atoms with Gasteiger partial charge in [-0.3, -0.25) is 9.20 Å². The van der Waals surface area contributed by atoms with E-state index in [1.165, 1.54) is 5.56 Å². The number of carbonyl (C=O) groups excluding carboxylic acids is 1. The standard InChI is InChI=1S/C21H25N3O2.C2H4F2/c1-13-9-14(10-17(26-6)19(13)20(25)22-5)16-12-23-18-11-15(21(2,3)4)7-8-24(16)18;1-2(3)4/h7-12H,1-6H3,(H,22,25);2H,1H3. The summed E-state index contributed by atoms with van der Waals surface area (Å²) in [7, 11) is 3.20. The lowest BCUT2D eigenvalue weighted by atomic mass is 9.88. The van der Waals surface area contributed by atoms with E-state index in [2.05, 4.69) is 47.6 Å². The monoisotopic (exact) mass is 417 g/mol. The van der Waals surface area contributed by atoms with Crippen molar-refractivity contribution in [3.63, 3.8) is 0 Å². The lowest BCUT2D eigenvalue weighted by Gasteiger charge is -2.19. The molecule has 0 bridgehead atoms. The number of amides is 1. The van der Waals surface area contributed by atoms with Crippen LogP contribution in [-0.4, -0.2) is 35.9 Å². The first-order chi connectivity index (χ1) is 14.0. The topological polar surface area (TPSA) is 55.6 Å². The van der Waals surface area contributed by atoms with Gasteiger partial charge in [-0.05, 0) is 54.7 Å². The zero-order valence-corrected chi connectivity index (χ0v) is 18.5. The molecule has 0 radical (unpaired) electrons. The maximum Gasteiger partial charge on any atom is 0.255 e. The van der Waals surface area contributed by atoms with E-state index in [0.29, 0.717) is 11.3 Å². The number of imidazole rings is 1. The van der Waals surface area contributed by atoms with Crippen LogP contribution in [0.4, 0.5) is 8.78 Å². The van der Waals surface area contributed by atoms with Gasteiger partial charge in [-0.1, -0.05) is 20.8 Å². The predicted molar refractivity (Wildman–Crippen MR) is 116 cm³/mol. The fourth-order valence-electron chi connectivity index (χ4n) is 3.14. The van der Waals surface area contributed by atoms with Gasteiger partial charge in [0.05, 0.1) is 24.6 Å². The first-order valence-electron chi connectivity index (χ1n) is 9.66. The van der Waals surface area contributed by atoms with Crippen LogP contribution in [0.1, 0.15) is 49.2 Å². The number of halogens is 2. The van der Waals surface area contributed by atoms with Gasteiger partial charge in [-0.25, -0.2) is 13.8 Å². The summed E-state index contributed by atoms with van der Waals surface area (Å²) < 4.78 is 28.2. The molecular formula is C23H29F2N3O2. The second-order valence-electron chi connectivity index (χ2n) is 8.01. The lowest BCUT2D eigenvalue weighted by molar-refractivity contribution is 0.0959. The van der Waals surface area contributed by atoms with Gasteiger partial charge in [-0.2, -0.15) is 0 Å². The molecule has 3 aromatic rings. The molecule has 5 nitrogen and oxygen atoms in total. The summed E-state index contributed by atoms with van der Waals surface area (Å²) in [5, 5.41) is 2.66. The maximum atomic E-state index is 12.1. The van der Waals surface area contributed by atoms with Crippen molar-refractivity contribution in [3.05, 3.63) is 53.3 Å². The number of methoxy groups -OCH3 is 1. The van der Waals surface area contributed by atoms with Crippen LogP contribution in [0.3, 0.4) is 0 Å². The Balaban J connectivity index is 0.000000735. The number of aromatic nitrogens is 2. The van der Waals surface area contributed by atoms with Gasteiger partial charge in [-0.15, -0.1) is 0 Å². The number of nitrogens with one attached hydrogen (secondary N) is 1. The smallest absolute Gasteiger partial charge is 0.255 e. The summed E-state index contributed by atoms with van der Waals surface area (Å²) in [6.07, 6.45) is 1.74. The highest BCUT2D eigenvalue weighted by molar-refractivity contribution is 5.99. The summed E-state index contributed by atoms with van der Waals surface area (Å²) in [4.78, 5) is 16.7. The third-order valence-electron chi connectivity index (χ3n) is 4.65. The van der Waals surface area contributed by atoms with Crippen LogP contribution < -0.4 is 10.1 Å². The summed E-state index contributed by atoms with van der Waals surface area (Å²) >= 11 is 0. The normalized spacial score (nSPS) is 11.3. The number of alkyl halides is 2. The minimum atomic E-state index is -2.17. The van der Waals surface area contributed by atoms with Crippen LogP contribution in [0, 0.1) is 6.92 Å². The number of rotatable bonds is 3. The number of carbonyl (C=O) groups is 1. The number of hydrogen-bond acceptors (Lipinski definition) is 3. The third kappa shape index (κ3) is 5.14. The maximum absolute atomic E-state index is 12.1. The van der Waals surface area contributed by atoms with Gasteiger partial charge in [0.2, 0.25) is 6.43 Å². The minimum absolute atomic E-state index is 0.0723. The van der Waals surface area contributed by atoms with Gasteiger partial charge in [0.15, 0.2) is 0 Å². The Labute approximate surface area is 176 Å². The van der Waals surface area contributed by atoms with Crippen LogP contribution in [0.15, 0.2) is 36.7 Å². The molecule has 0 fully saturated rings. The van der Waals surface area contributed by atoms with Gasteiger partial charge in [0, 0.05) is 18.8 Å². The molecule has 0 saturated carbocycles. The molecule has 1 N–H and O–H groups in total. The van der Waals surface area contributed by atoms with E-state index in [4.69, 9.17) is 4.74 Å². The Hall–Kier alpha value is -2.96. The van der Waals surface area contributed by atoms with E-state index in [0.717, 1.165) is 29.4 Å². The largest absolute Gasteiger partial charge is 0.496 e. The minimum Gasteiger partial charge on any atom is -0.496 e. The van der Waals surface area contributed by atoms with E-state index in [-0.39, 0.29) is 11.3 Å². The van der Waals surface area contributed by atoms with Crippen molar-refractivity contribution in [1.82, 2.24) is 14.7 Å². The number of benzene rings is 1.